The van der Waals surface area contributed by atoms with E-state index in [1.165, 1.54) is 0 Å². The van der Waals surface area contributed by atoms with Crippen molar-refractivity contribution in [2.24, 2.45) is 0 Å². The molecule has 0 aromatic carbocycles. The van der Waals surface area contributed by atoms with Crippen LogP contribution in [0.15, 0.2) is 43.1 Å². The van der Waals surface area contributed by atoms with Gasteiger partial charge in [0.25, 0.3) is 0 Å². The molecule has 0 spiro atoms. The van der Waals surface area contributed by atoms with E-state index in [1.54, 1.807) is 29.5 Å². The van der Waals surface area contributed by atoms with Gasteiger partial charge in [0, 0.05) is 43.5 Å². The number of hydrogen-bond acceptors (Lipinski definition) is 7. The van der Waals surface area contributed by atoms with Crippen molar-refractivity contribution in [2.45, 2.75) is 25.5 Å². The lowest BCUT2D eigenvalue weighted by Gasteiger charge is -2.10. The third kappa shape index (κ3) is 3.97. The predicted octanol–water partition coefficient (Wildman–Crippen LogP) is 1.77. The van der Waals surface area contributed by atoms with Crippen molar-refractivity contribution in [2.75, 3.05) is 18.5 Å². The number of aromatic nitrogens is 6. The molecule has 1 fully saturated rings. The molecule has 0 amide bonds. The average molecular weight is 337 g/mol. The Labute approximate surface area is 145 Å². The summed E-state index contributed by atoms with van der Waals surface area (Å²) in [7, 11) is 0. The van der Waals surface area contributed by atoms with Crippen molar-refractivity contribution >= 4 is 5.95 Å². The fourth-order valence-electron chi connectivity index (χ4n) is 2.75. The molecule has 3 aromatic rings. The molecule has 1 atom stereocenters. The Morgan fingerprint density at radius 2 is 2.04 bits per heavy atom. The van der Waals surface area contributed by atoms with Gasteiger partial charge in [-0.3, -0.25) is 4.98 Å². The van der Waals surface area contributed by atoms with E-state index in [9.17, 15) is 0 Å². The normalized spacial score (nSPS) is 16.9. The standard InChI is InChI=1S/C17H19N7O/c1-2-15(25-7-1)10-21-17-19-8-14(9-20-17)16-12-24(23-22-16)11-13-3-5-18-6-4-13/h3-6,8-9,12,15H,1-2,7,10-11H2,(H,19,20,21)/t15-/m0/s1. The van der Waals surface area contributed by atoms with Gasteiger partial charge in [-0.15, -0.1) is 5.10 Å². The molecule has 1 N–H and O–H groups in total. The van der Waals surface area contributed by atoms with Crippen LogP contribution in [0.5, 0.6) is 0 Å². The largest absolute Gasteiger partial charge is 0.376 e. The van der Waals surface area contributed by atoms with E-state index in [0.29, 0.717) is 12.5 Å². The van der Waals surface area contributed by atoms with Crippen LogP contribution in [0, 0.1) is 0 Å². The summed E-state index contributed by atoms with van der Waals surface area (Å²) in [6, 6.07) is 3.91. The molecule has 1 aliphatic rings. The van der Waals surface area contributed by atoms with Crippen LogP contribution in [0.2, 0.25) is 0 Å². The van der Waals surface area contributed by atoms with E-state index >= 15 is 0 Å². The van der Waals surface area contributed by atoms with Gasteiger partial charge in [-0.05, 0) is 30.5 Å². The van der Waals surface area contributed by atoms with Crippen LogP contribution >= 0.6 is 0 Å². The van der Waals surface area contributed by atoms with Gasteiger partial charge in [0.2, 0.25) is 5.95 Å². The summed E-state index contributed by atoms with van der Waals surface area (Å²) >= 11 is 0. The first-order valence-corrected chi connectivity index (χ1v) is 8.34. The number of nitrogens with zero attached hydrogens (tertiary/aromatic N) is 6. The van der Waals surface area contributed by atoms with E-state index in [0.717, 1.165) is 42.8 Å². The van der Waals surface area contributed by atoms with E-state index in [2.05, 4.69) is 30.6 Å². The summed E-state index contributed by atoms with van der Waals surface area (Å²) in [6.07, 6.45) is 11.4. The van der Waals surface area contributed by atoms with Gasteiger partial charge < -0.3 is 10.1 Å². The molecule has 8 heteroatoms. The van der Waals surface area contributed by atoms with E-state index < -0.39 is 0 Å². The molecule has 8 nitrogen and oxygen atoms in total. The highest BCUT2D eigenvalue weighted by atomic mass is 16.5. The second kappa shape index (κ2) is 7.35. The van der Waals surface area contributed by atoms with Crippen molar-refractivity contribution < 1.29 is 4.74 Å². The molecule has 0 unspecified atom stereocenters. The first-order valence-electron chi connectivity index (χ1n) is 8.34. The van der Waals surface area contributed by atoms with E-state index in [-0.39, 0.29) is 6.10 Å². The van der Waals surface area contributed by atoms with Crippen LogP contribution in [-0.2, 0) is 11.3 Å². The number of anilines is 1. The Balaban J connectivity index is 1.38. The summed E-state index contributed by atoms with van der Waals surface area (Å²) in [6.45, 7) is 2.24. The molecule has 0 radical (unpaired) electrons. The number of hydrogen-bond donors (Lipinski definition) is 1. The summed E-state index contributed by atoms with van der Waals surface area (Å²) in [5, 5.41) is 11.6. The predicted molar refractivity (Wildman–Crippen MR) is 91.9 cm³/mol. The van der Waals surface area contributed by atoms with Crippen LogP contribution < -0.4 is 5.32 Å². The highest BCUT2D eigenvalue weighted by Gasteiger charge is 2.15. The molecule has 1 aliphatic heterocycles. The fourth-order valence-corrected chi connectivity index (χ4v) is 2.75. The van der Waals surface area contributed by atoms with Gasteiger partial charge in [0.1, 0.15) is 5.69 Å². The lowest BCUT2D eigenvalue weighted by molar-refractivity contribution is 0.120. The molecule has 4 rings (SSSR count). The lowest BCUT2D eigenvalue weighted by atomic mass is 10.2. The van der Waals surface area contributed by atoms with Crippen LogP contribution in [0.3, 0.4) is 0 Å². The first-order chi connectivity index (χ1) is 12.4. The Morgan fingerprint density at radius 1 is 1.20 bits per heavy atom. The number of nitrogens with one attached hydrogen (secondary N) is 1. The molecule has 128 valence electrons. The van der Waals surface area contributed by atoms with E-state index in [1.807, 2.05) is 18.3 Å². The first kappa shape index (κ1) is 15.6. The molecule has 3 aromatic heterocycles. The number of pyridine rings is 1. The summed E-state index contributed by atoms with van der Waals surface area (Å²) in [5.41, 5.74) is 2.71. The van der Waals surface area contributed by atoms with Gasteiger partial charge in [0.05, 0.1) is 18.8 Å². The van der Waals surface area contributed by atoms with Crippen LogP contribution in [-0.4, -0.2) is 49.2 Å². The molecule has 4 heterocycles. The molecule has 0 bridgehead atoms. The third-order valence-electron chi connectivity index (χ3n) is 4.09. The highest BCUT2D eigenvalue weighted by Crippen LogP contribution is 2.16. The second-order valence-electron chi connectivity index (χ2n) is 5.97. The molecular weight excluding hydrogens is 318 g/mol. The molecule has 25 heavy (non-hydrogen) atoms. The maximum Gasteiger partial charge on any atom is 0.222 e. The zero-order valence-corrected chi connectivity index (χ0v) is 13.7. The molecule has 1 saturated heterocycles. The molecule has 0 aliphatic carbocycles. The summed E-state index contributed by atoms with van der Waals surface area (Å²) in [5.74, 6) is 0.600. The Morgan fingerprint density at radius 3 is 2.80 bits per heavy atom. The zero-order chi connectivity index (χ0) is 16.9. The summed E-state index contributed by atoms with van der Waals surface area (Å²) in [4.78, 5) is 12.7. The fraction of sp³-hybridized carbons (Fsp3) is 0.353. The van der Waals surface area contributed by atoms with Gasteiger partial charge in [-0.2, -0.15) is 0 Å². The Kier molecular flexibility index (Phi) is 4.60. The van der Waals surface area contributed by atoms with Crippen molar-refractivity contribution in [3.8, 4) is 11.3 Å². The quantitative estimate of drug-likeness (QED) is 0.733. The topological polar surface area (TPSA) is 90.6 Å². The molecule has 0 saturated carbocycles. The Bertz CT molecular complexity index is 797. The van der Waals surface area contributed by atoms with Crippen molar-refractivity contribution in [1.82, 2.24) is 29.9 Å². The molecular formula is C17H19N7O. The minimum absolute atomic E-state index is 0.261. The Hall–Kier alpha value is -2.87. The third-order valence-corrected chi connectivity index (χ3v) is 4.09. The van der Waals surface area contributed by atoms with Crippen molar-refractivity contribution in [3.05, 3.63) is 48.7 Å². The number of rotatable bonds is 6. The van der Waals surface area contributed by atoms with E-state index in [4.69, 9.17) is 4.74 Å². The van der Waals surface area contributed by atoms with Gasteiger partial charge in [-0.1, -0.05) is 5.21 Å². The van der Waals surface area contributed by atoms with Crippen molar-refractivity contribution in [1.29, 1.82) is 0 Å². The SMILES string of the molecule is c1cc(Cn2cc(-c3cnc(NC[C@@H]4CCCO4)nc3)nn2)ccn1. The van der Waals surface area contributed by atoms with Gasteiger partial charge in [0.15, 0.2) is 0 Å². The van der Waals surface area contributed by atoms with Crippen molar-refractivity contribution in [3.63, 3.8) is 0 Å². The maximum atomic E-state index is 5.58. The monoisotopic (exact) mass is 337 g/mol. The van der Waals surface area contributed by atoms with Gasteiger partial charge in [-0.25, -0.2) is 14.6 Å². The highest BCUT2D eigenvalue weighted by molar-refractivity contribution is 5.55. The minimum Gasteiger partial charge on any atom is -0.376 e. The zero-order valence-electron chi connectivity index (χ0n) is 13.7. The smallest absolute Gasteiger partial charge is 0.222 e. The van der Waals surface area contributed by atoms with Gasteiger partial charge >= 0.3 is 0 Å². The minimum atomic E-state index is 0.261. The van der Waals surface area contributed by atoms with Crippen LogP contribution in [0.25, 0.3) is 11.3 Å². The summed E-state index contributed by atoms with van der Waals surface area (Å²) < 4.78 is 7.36. The number of ether oxygens (including phenoxy) is 1. The van der Waals surface area contributed by atoms with Crippen LogP contribution in [0.4, 0.5) is 5.95 Å². The van der Waals surface area contributed by atoms with Crippen LogP contribution in [0.1, 0.15) is 18.4 Å². The lowest BCUT2D eigenvalue weighted by Crippen LogP contribution is -2.19. The maximum absolute atomic E-state index is 5.58. The second-order valence-corrected chi connectivity index (χ2v) is 5.97. The average Bonchev–Trinajstić information content (AvgIpc) is 3.33.